The molecule has 3 aromatic heterocycles. The average Bonchev–Trinajstić information content (AvgIpc) is 3.55. The lowest BCUT2D eigenvalue weighted by Crippen LogP contribution is -2.33. The second kappa shape index (κ2) is 11.9. The number of piperidine rings is 1. The molecule has 0 unspecified atom stereocenters. The molecular formula is C31H30ClFN6O3. The molecule has 0 atom stereocenters. The minimum Gasteiger partial charge on any atom is -0.478 e. The van der Waals surface area contributed by atoms with Crippen LogP contribution in [0.15, 0.2) is 67.1 Å². The topological polar surface area (TPSA) is 98.3 Å². The molecule has 2 aromatic carbocycles. The Bertz CT molecular complexity index is 1740. The van der Waals surface area contributed by atoms with Gasteiger partial charge in [-0.15, -0.1) is 0 Å². The van der Waals surface area contributed by atoms with Crippen molar-refractivity contribution in [3.05, 3.63) is 106 Å². The summed E-state index contributed by atoms with van der Waals surface area (Å²) in [5.41, 5.74) is 4.19. The third-order valence-corrected chi connectivity index (χ3v) is 8.05. The van der Waals surface area contributed by atoms with E-state index in [4.69, 9.17) is 26.3 Å². The molecule has 1 N–H and O–H groups in total. The summed E-state index contributed by atoms with van der Waals surface area (Å²) in [6.45, 7) is 2.99. The first-order valence-corrected chi connectivity index (χ1v) is 14.2. The molecule has 5 aromatic rings. The van der Waals surface area contributed by atoms with Gasteiger partial charge in [0.15, 0.2) is 0 Å². The van der Waals surface area contributed by atoms with Gasteiger partial charge in [-0.2, -0.15) is 0 Å². The van der Waals surface area contributed by atoms with Gasteiger partial charge in [0.25, 0.3) is 0 Å². The SMILES string of the molecule is Cn1cncc1Cn1c(CN2CCC(c3cccc(OCc4ccc(Cl)cc4F)n3)CC2)nc2ccc(C(=O)O)cc21. The molecule has 1 fully saturated rings. The van der Waals surface area contributed by atoms with Crippen LogP contribution in [-0.4, -0.2) is 53.2 Å². The maximum atomic E-state index is 14.1. The van der Waals surface area contributed by atoms with Crippen LogP contribution in [0.4, 0.5) is 4.39 Å². The highest BCUT2D eigenvalue weighted by Gasteiger charge is 2.24. The van der Waals surface area contributed by atoms with Gasteiger partial charge in [0, 0.05) is 41.5 Å². The van der Waals surface area contributed by atoms with E-state index in [1.807, 2.05) is 29.9 Å². The second-order valence-electron chi connectivity index (χ2n) is 10.6. The monoisotopic (exact) mass is 588 g/mol. The fourth-order valence-electron chi connectivity index (χ4n) is 5.42. The van der Waals surface area contributed by atoms with Crippen LogP contribution < -0.4 is 4.74 Å². The van der Waals surface area contributed by atoms with Gasteiger partial charge < -0.3 is 19.0 Å². The predicted octanol–water partition coefficient (Wildman–Crippen LogP) is 5.66. The normalized spacial score (nSPS) is 14.5. The quantitative estimate of drug-likeness (QED) is 0.237. The van der Waals surface area contributed by atoms with E-state index in [1.165, 1.54) is 6.07 Å². The molecule has 42 heavy (non-hydrogen) atoms. The number of aromatic nitrogens is 5. The molecule has 1 aliphatic heterocycles. The molecule has 0 amide bonds. The number of hydrogen-bond donors (Lipinski definition) is 1. The van der Waals surface area contributed by atoms with Crippen molar-refractivity contribution in [3.8, 4) is 5.88 Å². The molecule has 0 radical (unpaired) electrons. The molecule has 4 heterocycles. The highest BCUT2D eigenvalue weighted by molar-refractivity contribution is 6.30. The third-order valence-electron chi connectivity index (χ3n) is 7.82. The first-order valence-electron chi connectivity index (χ1n) is 13.8. The summed E-state index contributed by atoms with van der Waals surface area (Å²) < 4.78 is 24.0. The lowest BCUT2D eigenvalue weighted by Gasteiger charge is -2.31. The van der Waals surface area contributed by atoms with Crippen LogP contribution >= 0.6 is 11.6 Å². The van der Waals surface area contributed by atoms with Gasteiger partial charge in [0.2, 0.25) is 5.88 Å². The first-order chi connectivity index (χ1) is 20.3. The molecule has 216 valence electrons. The fourth-order valence-corrected chi connectivity index (χ4v) is 5.58. The molecule has 9 nitrogen and oxygen atoms in total. The summed E-state index contributed by atoms with van der Waals surface area (Å²) in [5, 5.41) is 9.91. The van der Waals surface area contributed by atoms with Crippen LogP contribution in [0.25, 0.3) is 11.0 Å². The van der Waals surface area contributed by atoms with Crippen molar-refractivity contribution in [2.24, 2.45) is 7.05 Å². The molecule has 0 saturated carbocycles. The summed E-state index contributed by atoms with van der Waals surface area (Å²) >= 11 is 5.85. The highest BCUT2D eigenvalue weighted by Crippen LogP contribution is 2.30. The van der Waals surface area contributed by atoms with Crippen molar-refractivity contribution in [3.63, 3.8) is 0 Å². The van der Waals surface area contributed by atoms with Gasteiger partial charge in [-0.3, -0.25) is 4.90 Å². The Kier molecular flexibility index (Phi) is 7.90. The van der Waals surface area contributed by atoms with Crippen molar-refractivity contribution in [2.45, 2.75) is 38.5 Å². The van der Waals surface area contributed by atoms with Gasteiger partial charge >= 0.3 is 5.97 Å². The number of ether oxygens (including phenoxy) is 1. The van der Waals surface area contributed by atoms with Crippen molar-refractivity contribution in [1.29, 1.82) is 0 Å². The number of aromatic carboxylic acids is 1. The average molecular weight is 589 g/mol. The number of hydrogen-bond acceptors (Lipinski definition) is 6. The molecule has 1 aliphatic rings. The Morgan fingerprint density at radius 1 is 1.10 bits per heavy atom. The molecule has 11 heteroatoms. The number of halogens is 2. The van der Waals surface area contributed by atoms with Crippen LogP contribution in [0, 0.1) is 5.82 Å². The highest BCUT2D eigenvalue weighted by atomic mass is 35.5. The molecule has 0 bridgehead atoms. The maximum absolute atomic E-state index is 14.1. The van der Waals surface area contributed by atoms with Crippen molar-refractivity contribution in [1.82, 2.24) is 29.0 Å². The Labute approximate surface area is 247 Å². The molecule has 6 rings (SSSR count). The van der Waals surface area contributed by atoms with Crippen LogP contribution in [-0.2, 0) is 26.7 Å². The van der Waals surface area contributed by atoms with E-state index in [0.29, 0.717) is 29.6 Å². The number of fused-ring (bicyclic) bond motifs is 1. The number of benzene rings is 2. The summed E-state index contributed by atoms with van der Waals surface area (Å²) in [4.78, 5) is 27.9. The second-order valence-corrected chi connectivity index (χ2v) is 11.0. The minimum atomic E-state index is -0.964. The van der Waals surface area contributed by atoms with Crippen LogP contribution in [0.5, 0.6) is 5.88 Å². The molecule has 1 saturated heterocycles. The summed E-state index contributed by atoms with van der Waals surface area (Å²) in [5.74, 6) is 0.267. The molecule has 0 aliphatic carbocycles. The number of imidazole rings is 2. The predicted molar refractivity (Wildman–Crippen MR) is 156 cm³/mol. The fraction of sp³-hybridized carbons (Fsp3) is 0.290. The summed E-state index contributed by atoms with van der Waals surface area (Å²) in [7, 11) is 1.94. The minimum absolute atomic E-state index is 0.0751. The van der Waals surface area contributed by atoms with Crippen molar-refractivity contribution >= 4 is 28.6 Å². The van der Waals surface area contributed by atoms with E-state index < -0.39 is 11.8 Å². The van der Waals surface area contributed by atoms with Crippen LogP contribution in [0.3, 0.4) is 0 Å². The zero-order chi connectivity index (χ0) is 29.2. The van der Waals surface area contributed by atoms with Gasteiger partial charge in [-0.05, 0) is 62.3 Å². The van der Waals surface area contributed by atoms with Gasteiger partial charge in [0.05, 0.1) is 41.7 Å². The lowest BCUT2D eigenvalue weighted by atomic mass is 9.93. The number of carbonyl (C=O) groups is 1. The van der Waals surface area contributed by atoms with Gasteiger partial charge in [-0.25, -0.2) is 24.1 Å². The van der Waals surface area contributed by atoms with Crippen molar-refractivity contribution in [2.75, 3.05) is 13.1 Å². The van der Waals surface area contributed by atoms with E-state index in [0.717, 1.165) is 54.2 Å². The van der Waals surface area contributed by atoms with E-state index >= 15 is 0 Å². The number of carboxylic acid groups (broad SMARTS) is 1. The maximum Gasteiger partial charge on any atom is 0.335 e. The molecule has 0 spiro atoms. The van der Waals surface area contributed by atoms with E-state index in [9.17, 15) is 14.3 Å². The van der Waals surface area contributed by atoms with E-state index in [-0.39, 0.29) is 18.1 Å². The summed E-state index contributed by atoms with van der Waals surface area (Å²) in [6, 6.07) is 15.3. The Morgan fingerprint density at radius 3 is 2.67 bits per heavy atom. The summed E-state index contributed by atoms with van der Waals surface area (Å²) in [6.07, 6.45) is 5.42. The third kappa shape index (κ3) is 6.00. The zero-order valence-electron chi connectivity index (χ0n) is 23.1. The van der Waals surface area contributed by atoms with Crippen LogP contribution in [0.1, 0.15) is 51.9 Å². The smallest absolute Gasteiger partial charge is 0.335 e. The van der Waals surface area contributed by atoms with Crippen molar-refractivity contribution < 1.29 is 19.0 Å². The van der Waals surface area contributed by atoms with E-state index in [2.05, 4.69) is 14.5 Å². The number of nitrogens with zero attached hydrogens (tertiary/aromatic N) is 6. The molecular weight excluding hydrogens is 559 g/mol. The van der Waals surface area contributed by atoms with Gasteiger partial charge in [0.1, 0.15) is 18.2 Å². The standard InChI is InChI=1S/C31H30ClFN6O3/c1-37-19-34-15-24(37)16-39-28-13-21(31(40)41)6-8-27(28)35-29(39)17-38-11-9-20(10-12-38)26-3-2-4-30(36-26)42-18-22-5-7-23(32)14-25(22)33/h2-8,13-15,19-20H,9-12,16-18H2,1H3,(H,40,41). The lowest BCUT2D eigenvalue weighted by molar-refractivity contribution is 0.0697. The van der Waals surface area contributed by atoms with E-state index in [1.54, 1.807) is 42.7 Å². The van der Waals surface area contributed by atoms with Crippen LogP contribution in [0.2, 0.25) is 5.02 Å². The number of aryl methyl sites for hydroxylation is 1. The Hall–Kier alpha value is -4.28. The number of rotatable bonds is 9. The number of pyridine rings is 1. The Morgan fingerprint density at radius 2 is 1.93 bits per heavy atom. The Balaban J connectivity index is 1.14. The number of likely N-dealkylation sites (tertiary alicyclic amines) is 1. The zero-order valence-corrected chi connectivity index (χ0v) is 23.8. The largest absolute Gasteiger partial charge is 0.478 e. The first kappa shape index (κ1) is 27.9. The number of carboxylic acids is 1. The van der Waals surface area contributed by atoms with Gasteiger partial charge in [-0.1, -0.05) is 23.7 Å².